The Bertz CT molecular complexity index is 991. The minimum absolute atomic E-state index is 0.0824. The summed E-state index contributed by atoms with van der Waals surface area (Å²) in [6.45, 7) is 0. The van der Waals surface area contributed by atoms with Gasteiger partial charge in [0.1, 0.15) is 17.4 Å². The highest BCUT2D eigenvalue weighted by Crippen LogP contribution is 2.29. The van der Waals surface area contributed by atoms with E-state index in [1.54, 1.807) is 60.9 Å². The molecule has 0 aliphatic rings. The minimum atomic E-state index is -0.547. The van der Waals surface area contributed by atoms with Gasteiger partial charge in [0.15, 0.2) is 0 Å². The van der Waals surface area contributed by atoms with E-state index in [-0.39, 0.29) is 11.3 Å². The molecule has 0 saturated carbocycles. The molecule has 1 amide bonds. The number of benzene rings is 2. The predicted octanol–water partition coefficient (Wildman–Crippen LogP) is 3.40. The Kier molecular flexibility index (Phi) is 4.58. The number of carbonyl (C=O) groups is 1. The van der Waals surface area contributed by atoms with Crippen molar-refractivity contribution in [3.05, 3.63) is 72.7 Å². The number of pyridine rings is 1. The summed E-state index contributed by atoms with van der Waals surface area (Å²) in [4.78, 5) is 16.3. The largest absolute Gasteiger partial charge is 0.507 e. The molecule has 122 valence electrons. The van der Waals surface area contributed by atoms with Gasteiger partial charge < -0.3 is 15.7 Å². The van der Waals surface area contributed by atoms with E-state index in [0.717, 1.165) is 0 Å². The Morgan fingerprint density at radius 1 is 1.12 bits per heavy atom. The molecular formula is C19H14N4O2. The predicted molar refractivity (Wildman–Crippen MR) is 95.8 cm³/mol. The van der Waals surface area contributed by atoms with Gasteiger partial charge in [0.05, 0.1) is 11.9 Å². The van der Waals surface area contributed by atoms with Crippen LogP contribution in [0, 0.1) is 11.3 Å². The third-order valence-electron chi connectivity index (χ3n) is 3.56. The van der Waals surface area contributed by atoms with Crippen LogP contribution in [0.4, 0.5) is 11.4 Å². The second-order valence-corrected chi connectivity index (χ2v) is 5.19. The zero-order chi connectivity index (χ0) is 17.6. The van der Waals surface area contributed by atoms with Crippen molar-refractivity contribution < 1.29 is 9.90 Å². The maximum absolute atomic E-state index is 12.4. The van der Waals surface area contributed by atoms with Crippen LogP contribution in [0.25, 0.3) is 10.8 Å². The van der Waals surface area contributed by atoms with Gasteiger partial charge in [0.25, 0.3) is 5.91 Å². The number of nitrogens with one attached hydrogen (secondary N) is 2. The van der Waals surface area contributed by atoms with E-state index in [9.17, 15) is 15.2 Å². The number of carbonyl (C=O) groups excluding carboxylic acids is 1. The average molecular weight is 330 g/mol. The lowest BCUT2D eigenvalue weighted by Gasteiger charge is -2.09. The van der Waals surface area contributed by atoms with Crippen LogP contribution in [0.2, 0.25) is 0 Å². The summed E-state index contributed by atoms with van der Waals surface area (Å²) in [7, 11) is 0. The Morgan fingerprint density at radius 3 is 2.68 bits per heavy atom. The van der Waals surface area contributed by atoms with Crippen molar-refractivity contribution in [2.45, 2.75) is 0 Å². The maximum Gasteiger partial charge on any atom is 0.267 e. The number of aromatic hydroxyl groups is 1. The van der Waals surface area contributed by atoms with Crippen LogP contribution in [0.3, 0.4) is 0 Å². The number of rotatable bonds is 4. The Balaban J connectivity index is 1.84. The highest BCUT2D eigenvalue weighted by molar-refractivity contribution is 6.11. The van der Waals surface area contributed by atoms with Gasteiger partial charge in [-0.1, -0.05) is 24.3 Å². The molecule has 0 aliphatic carbocycles. The van der Waals surface area contributed by atoms with Crippen molar-refractivity contribution in [1.82, 2.24) is 4.98 Å². The first-order valence-corrected chi connectivity index (χ1v) is 7.48. The summed E-state index contributed by atoms with van der Waals surface area (Å²) in [6.07, 6.45) is 4.54. The first-order chi connectivity index (χ1) is 12.2. The minimum Gasteiger partial charge on any atom is -0.507 e. The van der Waals surface area contributed by atoms with Gasteiger partial charge in [0.2, 0.25) is 0 Å². The van der Waals surface area contributed by atoms with Crippen LogP contribution in [-0.4, -0.2) is 16.0 Å². The van der Waals surface area contributed by atoms with E-state index in [2.05, 4.69) is 15.6 Å². The fourth-order valence-electron chi connectivity index (χ4n) is 2.34. The first-order valence-electron chi connectivity index (χ1n) is 7.48. The molecule has 1 aromatic heterocycles. The van der Waals surface area contributed by atoms with E-state index in [0.29, 0.717) is 22.1 Å². The van der Waals surface area contributed by atoms with Crippen molar-refractivity contribution in [1.29, 1.82) is 5.26 Å². The summed E-state index contributed by atoms with van der Waals surface area (Å²) < 4.78 is 0. The molecule has 6 heteroatoms. The zero-order valence-electron chi connectivity index (χ0n) is 13.1. The summed E-state index contributed by atoms with van der Waals surface area (Å²) >= 11 is 0. The summed E-state index contributed by atoms with van der Waals surface area (Å²) in [5.74, 6) is -0.419. The third-order valence-corrected chi connectivity index (χ3v) is 3.56. The van der Waals surface area contributed by atoms with Crippen LogP contribution in [0.15, 0.2) is 72.7 Å². The molecular weight excluding hydrogens is 316 g/mol. The fourth-order valence-corrected chi connectivity index (χ4v) is 2.34. The second-order valence-electron chi connectivity index (χ2n) is 5.19. The maximum atomic E-state index is 12.4. The molecule has 0 spiro atoms. The molecule has 25 heavy (non-hydrogen) atoms. The Hall–Kier alpha value is -3.85. The average Bonchev–Trinajstić information content (AvgIpc) is 2.64. The highest BCUT2D eigenvalue weighted by atomic mass is 16.3. The number of anilines is 2. The monoisotopic (exact) mass is 330 g/mol. The normalized spacial score (nSPS) is 10.9. The van der Waals surface area contributed by atoms with Crippen LogP contribution in [0.1, 0.15) is 0 Å². The molecule has 0 radical (unpaired) electrons. The lowest BCUT2D eigenvalue weighted by molar-refractivity contribution is -0.112. The quantitative estimate of drug-likeness (QED) is 0.503. The number of phenolic OH excluding ortho intramolecular Hbond substituents is 1. The lowest BCUT2D eigenvalue weighted by atomic mass is 10.1. The van der Waals surface area contributed by atoms with E-state index >= 15 is 0 Å². The number of aromatic nitrogens is 1. The van der Waals surface area contributed by atoms with Crippen LogP contribution >= 0.6 is 0 Å². The molecule has 0 atom stereocenters. The number of hydrogen-bond acceptors (Lipinski definition) is 5. The first kappa shape index (κ1) is 16.0. The number of nitriles is 1. The third kappa shape index (κ3) is 3.57. The molecule has 0 unspecified atom stereocenters. The van der Waals surface area contributed by atoms with Crippen molar-refractivity contribution in [3.63, 3.8) is 0 Å². The fraction of sp³-hybridized carbons (Fsp3) is 0. The van der Waals surface area contributed by atoms with Gasteiger partial charge in [-0.25, -0.2) is 0 Å². The summed E-state index contributed by atoms with van der Waals surface area (Å²) in [5.41, 5.74) is 1.10. The van der Waals surface area contributed by atoms with Gasteiger partial charge >= 0.3 is 0 Å². The number of amides is 1. The van der Waals surface area contributed by atoms with E-state index in [1.165, 1.54) is 6.20 Å². The lowest BCUT2D eigenvalue weighted by Crippen LogP contribution is -2.14. The van der Waals surface area contributed by atoms with Crippen molar-refractivity contribution in [3.8, 4) is 11.8 Å². The molecule has 0 aliphatic heterocycles. The Labute approximate surface area is 144 Å². The summed E-state index contributed by atoms with van der Waals surface area (Å²) in [5, 5.41) is 26.0. The van der Waals surface area contributed by atoms with Crippen LogP contribution < -0.4 is 10.6 Å². The molecule has 3 N–H and O–H groups in total. The zero-order valence-corrected chi connectivity index (χ0v) is 13.1. The molecule has 1 heterocycles. The molecule has 6 nitrogen and oxygen atoms in total. The van der Waals surface area contributed by atoms with E-state index in [4.69, 9.17) is 0 Å². The Morgan fingerprint density at radius 2 is 1.92 bits per heavy atom. The number of fused-ring (bicyclic) bond motifs is 1. The molecule has 0 saturated heterocycles. The standard InChI is InChI=1S/C19H14N4O2/c20-10-13(11-22-14-4-3-9-21-12-14)19(25)23-17-7-1-6-16-15(17)5-2-8-18(16)24/h1-9,11-12,22,24H,(H,23,25)/b13-11-. The van der Waals surface area contributed by atoms with Crippen LogP contribution in [-0.2, 0) is 4.79 Å². The topological polar surface area (TPSA) is 98.0 Å². The SMILES string of the molecule is N#C/C(=C/Nc1cccnc1)C(=O)Nc1cccc2c(O)cccc12. The van der Waals surface area contributed by atoms with Crippen molar-refractivity contribution in [2.75, 3.05) is 10.6 Å². The van der Waals surface area contributed by atoms with E-state index < -0.39 is 5.91 Å². The smallest absolute Gasteiger partial charge is 0.267 e. The second kappa shape index (κ2) is 7.15. The van der Waals surface area contributed by atoms with Crippen molar-refractivity contribution in [2.24, 2.45) is 0 Å². The van der Waals surface area contributed by atoms with Gasteiger partial charge in [-0.05, 0) is 24.3 Å². The van der Waals surface area contributed by atoms with Crippen LogP contribution in [0.5, 0.6) is 5.75 Å². The van der Waals surface area contributed by atoms with Crippen molar-refractivity contribution >= 4 is 28.1 Å². The number of nitrogens with zero attached hydrogens (tertiary/aromatic N) is 2. The van der Waals surface area contributed by atoms with Gasteiger partial charge in [-0.2, -0.15) is 5.26 Å². The van der Waals surface area contributed by atoms with Gasteiger partial charge in [-0.15, -0.1) is 0 Å². The molecule has 3 rings (SSSR count). The number of phenols is 1. The van der Waals surface area contributed by atoms with Gasteiger partial charge in [0, 0.05) is 28.9 Å². The molecule has 3 aromatic rings. The summed E-state index contributed by atoms with van der Waals surface area (Å²) in [6, 6.07) is 15.6. The molecule has 0 fully saturated rings. The number of hydrogen-bond donors (Lipinski definition) is 3. The van der Waals surface area contributed by atoms with Gasteiger partial charge in [-0.3, -0.25) is 9.78 Å². The highest BCUT2D eigenvalue weighted by Gasteiger charge is 2.12. The molecule has 0 bridgehead atoms. The molecule has 2 aromatic carbocycles. The van der Waals surface area contributed by atoms with E-state index in [1.807, 2.05) is 6.07 Å².